The minimum Gasteiger partial charge on any atom is -0.493 e. The van der Waals surface area contributed by atoms with Gasteiger partial charge in [-0.15, -0.1) is 12.6 Å². The van der Waals surface area contributed by atoms with Gasteiger partial charge in [0.1, 0.15) is 0 Å². The number of methoxy groups -OCH3 is 3. The van der Waals surface area contributed by atoms with Crippen LogP contribution in [0, 0.1) is 0 Å². The minimum absolute atomic E-state index is 0.634. The Morgan fingerprint density at radius 3 is 1.81 bits per heavy atom. The molecular weight excluding hydrogens is 298 g/mol. The standard InChI is InChI=1S/C13H21NO3.O3S/c1-5-6-14-9-10-7-11(15-2)13(17-4)12(8-10)16-3;1-4(2)3/h7-8,14H,5-6,9H2,1-4H3;. The Kier molecular flexibility index (Phi) is 9.99. The highest BCUT2D eigenvalue weighted by Gasteiger charge is 2.12. The molecule has 0 amide bonds. The third-order valence-corrected chi connectivity index (χ3v) is 2.48. The number of hydrogen-bond acceptors (Lipinski definition) is 7. The van der Waals surface area contributed by atoms with Crippen LogP contribution < -0.4 is 19.5 Å². The maximum atomic E-state index is 8.44. The zero-order chi connectivity index (χ0) is 16.3. The summed E-state index contributed by atoms with van der Waals surface area (Å²) in [5.41, 5.74) is 1.12. The number of hydrogen-bond donors (Lipinski definition) is 1. The van der Waals surface area contributed by atoms with Crippen LogP contribution in [-0.4, -0.2) is 40.5 Å². The van der Waals surface area contributed by atoms with E-state index in [-0.39, 0.29) is 0 Å². The van der Waals surface area contributed by atoms with Gasteiger partial charge in [0.05, 0.1) is 21.3 Å². The lowest BCUT2D eigenvalue weighted by Crippen LogP contribution is -2.14. The van der Waals surface area contributed by atoms with E-state index < -0.39 is 10.6 Å². The van der Waals surface area contributed by atoms with E-state index in [9.17, 15) is 0 Å². The molecule has 1 aromatic rings. The maximum absolute atomic E-state index is 8.44. The van der Waals surface area contributed by atoms with Crippen molar-refractivity contribution in [2.45, 2.75) is 19.9 Å². The lowest BCUT2D eigenvalue weighted by atomic mass is 10.1. The summed E-state index contributed by atoms with van der Waals surface area (Å²) in [5.74, 6) is 2.02. The molecule has 8 heteroatoms. The topological polar surface area (TPSA) is 90.9 Å². The summed E-state index contributed by atoms with van der Waals surface area (Å²) in [6.45, 7) is 3.93. The van der Waals surface area contributed by atoms with Gasteiger partial charge in [-0.1, -0.05) is 6.92 Å². The quantitative estimate of drug-likeness (QED) is 0.755. The van der Waals surface area contributed by atoms with E-state index in [1.165, 1.54) is 0 Å². The van der Waals surface area contributed by atoms with E-state index in [2.05, 4.69) is 12.2 Å². The van der Waals surface area contributed by atoms with Gasteiger partial charge in [0, 0.05) is 6.54 Å². The lowest BCUT2D eigenvalue weighted by Gasteiger charge is -2.14. The van der Waals surface area contributed by atoms with Gasteiger partial charge in [-0.2, -0.15) is 0 Å². The lowest BCUT2D eigenvalue weighted by molar-refractivity contribution is 0.323. The second-order valence-electron chi connectivity index (χ2n) is 3.91. The predicted octanol–water partition coefficient (Wildman–Crippen LogP) is 1.21. The van der Waals surface area contributed by atoms with E-state index >= 15 is 0 Å². The first-order valence-corrected chi connectivity index (χ1v) is 7.26. The Bertz CT molecular complexity index is 497. The molecule has 1 aromatic carbocycles. The Hall–Kier alpha value is -1.80. The first kappa shape index (κ1) is 19.2. The smallest absolute Gasteiger partial charge is 0.425 e. The second-order valence-corrected chi connectivity index (χ2v) is 4.32. The molecule has 0 heterocycles. The van der Waals surface area contributed by atoms with Gasteiger partial charge in [-0.3, -0.25) is 0 Å². The monoisotopic (exact) mass is 319 g/mol. The number of ether oxygens (including phenoxy) is 3. The fourth-order valence-electron chi connectivity index (χ4n) is 1.65. The number of nitrogens with one attached hydrogen (secondary N) is 1. The van der Waals surface area contributed by atoms with E-state index in [0.717, 1.165) is 25.1 Å². The van der Waals surface area contributed by atoms with Gasteiger partial charge < -0.3 is 19.5 Å². The Morgan fingerprint density at radius 1 is 1.00 bits per heavy atom. The maximum Gasteiger partial charge on any atom is 0.425 e. The Labute approximate surface area is 126 Å². The molecule has 120 valence electrons. The van der Waals surface area contributed by atoms with Crippen LogP contribution in [0.5, 0.6) is 17.2 Å². The summed E-state index contributed by atoms with van der Waals surface area (Å²) in [6.07, 6.45) is 1.12. The molecule has 0 aliphatic heterocycles. The van der Waals surface area contributed by atoms with Gasteiger partial charge in [-0.25, -0.2) is 0 Å². The molecule has 1 rings (SSSR count). The molecule has 7 nitrogen and oxygen atoms in total. The van der Waals surface area contributed by atoms with E-state index in [0.29, 0.717) is 17.2 Å². The van der Waals surface area contributed by atoms with Crippen LogP contribution in [0.15, 0.2) is 12.1 Å². The van der Waals surface area contributed by atoms with Crippen LogP contribution in [0.4, 0.5) is 0 Å². The average molecular weight is 319 g/mol. The molecule has 1 N–H and O–H groups in total. The first-order chi connectivity index (χ1) is 9.99. The van der Waals surface area contributed by atoms with E-state index in [1.807, 2.05) is 12.1 Å². The highest BCUT2D eigenvalue weighted by atomic mass is 32.2. The Balaban J connectivity index is 0.000000885. The molecule has 0 unspecified atom stereocenters. The van der Waals surface area contributed by atoms with Crippen molar-refractivity contribution >= 4 is 10.6 Å². The summed E-state index contributed by atoms with van der Waals surface area (Å²) >= 11 is 0. The van der Waals surface area contributed by atoms with Crippen molar-refractivity contribution in [2.75, 3.05) is 27.9 Å². The summed E-state index contributed by atoms with van der Waals surface area (Å²) in [7, 11) is 1.75. The number of rotatable bonds is 7. The highest BCUT2D eigenvalue weighted by Crippen LogP contribution is 2.38. The van der Waals surface area contributed by atoms with Crippen LogP contribution in [0.3, 0.4) is 0 Å². The van der Waals surface area contributed by atoms with Crippen molar-refractivity contribution in [3.63, 3.8) is 0 Å². The van der Waals surface area contributed by atoms with Crippen LogP contribution in [-0.2, 0) is 17.2 Å². The van der Waals surface area contributed by atoms with Crippen molar-refractivity contribution in [3.05, 3.63) is 17.7 Å². The van der Waals surface area contributed by atoms with Crippen molar-refractivity contribution < 1.29 is 26.8 Å². The van der Waals surface area contributed by atoms with Crippen LogP contribution >= 0.6 is 0 Å². The van der Waals surface area contributed by atoms with Crippen LogP contribution in [0.2, 0.25) is 0 Å². The van der Waals surface area contributed by atoms with E-state index in [4.69, 9.17) is 26.8 Å². The molecule has 0 aliphatic carbocycles. The summed E-state index contributed by atoms with van der Waals surface area (Å²) in [6, 6.07) is 3.92. The first-order valence-electron chi connectivity index (χ1n) is 6.26. The largest absolute Gasteiger partial charge is 0.493 e. The average Bonchev–Trinajstić information content (AvgIpc) is 2.45. The van der Waals surface area contributed by atoms with Crippen molar-refractivity contribution in [3.8, 4) is 17.2 Å². The normalized spacial score (nSPS) is 9.33. The SMILES string of the molecule is CCCNCc1cc(OC)c(OC)c(OC)c1.O=S(=O)=O. The van der Waals surface area contributed by atoms with Gasteiger partial charge in [0.15, 0.2) is 11.5 Å². The van der Waals surface area contributed by atoms with Gasteiger partial charge in [0.25, 0.3) is 0 Å². The summed E-state index contributed by atoms with van der Waals surface area (Å²) < 4.78 is 41.2. The summed E-state index contributed by atoms with van der Waals surface area (Å²) in [4.78, 5) is 0. The molecule has 0 saturated heterocycles. The van der Waals surface area contributed by atoms with Gasteiger partial charge >= 0.3 is 10.6 Å². The fraction of sp³-hybridized carbons (Fsp3) is 0.538. The van der Waals surface area contributed by atoms with Crippen molar-refractivity contribution in [2.24, 2.45) is 0 Å². The van der Waals surface area contributed by atoms with Gasteiger partial charge in [0.2, 0.25) is 5.75 Å². The molecule has 0 radical (unpaired) electrons. The molecule has 0 saturated carbocycles. The molecule has 0 fully saturated rings. The molecule has 0 atom stereocenters. The number of benzene rings is 1. The third kappa shape index (κ3) is 7.52. The molecular formula is C13H21NO6S. The molecule has 0 bridgehead atoms. The Morgan fingerprint density at radius 2 is 1.48 bits per heavy atom. The third-order valence-electron chi connectivity index (χ3n) is 2.48. The van der Waals surface area contributed by atoms with Crippen molar-refractivity contribution in [1.29, 1.82) is 0 Å². The van der Waals surface area contributed by atoms with E-state index in [1.54, 1.807) is 21.3 Å². The molecule has 0 aromatic heterocycles. The minimum atomic E-state index is -3.11. The molecule has 21 heavy (non-hydrogen) atoms. The molecule has 0 spiro atoms. The zero-order valence-corrected chi connectivity index (χ0v) is 13.5. The van der Waals surface area contributed by atoms with Crippen LogP contribution in [0.25, 0.3) is 0 Å². The van der Waals surface area contributed by atoms with Gasteiger partial charge in [-0.05, 0) is 30.7 Å². The zero-order valence-electron chi connectivity index (χ0n) is 12.6. The van der Waals surface area contributed by atoms with Crippen molar-refractivity contribution in [1.82, 2.24) is 5.32 Å². The summed E-state index contributed by atoms with van der Waals surface area (Å²) in [5, 5.41) is 3.34. The molecule has 0 aliphatic rings. The second kappa shape index (κ2) is 10.9. The fourth-order valence-corrected chi connectivity index (χ4v) is 1.65. The van der Waals surface area contributed by atoms with Crippen LogP contribution in [0.1, 0.15) is 18.9 Å². The highest BCUT2D eigenvalue weighted by molar-refractivity contribution is 7.59. The predicted molar refractivity (Wildman–Crippen MR) is 77.8 cm³/mol.